The molecule has 0 atom stereocenters. The molecule has 2 bridgehead atoms. The molecule has 3 fully saturated rings. The molecule has 0 spiro atoms. The number of aromatic nitrogens is 2. The Kier molecular flexibility index (Phi) is 0.935. The lowest BCUT2D eigenvalue weighted by Gasteiger charge is -2.69. The highest BCUT2D eigenvalue weighted by Gasteiger charge is 2.66. The van der Waals surface area contributed by atoms with Crippen molar-refractivity contribution in [2.75, 3.05) is 0 Å². The first-order valence-electron chi connectivity index (χ1n) is 4.49. The summed E-state index contributed by atoms with van der Waals surface area (Å²) in [5, 5.41) is 0. The van der Waals surface area contributed by atoms with Gasteiger partial charge in [-0.25, -0.2) is 9.97 Å². The second kappa shape index (κ2) is 1.70. The van der Waals surface area contributed by atoms with E-state index in [2.05, 4.69) is 23.0 Å². The molecule has 0 radical (unpaired) electrons. The lowest BCUT2D eigenvalue weighted by Crippen LogP contribution is -2.63. The van der Waals surface area contributed by atoms with E-state index in [4.69, 9.17) is 0 Å². The molecule has 1 heterocycles. The van der Waals surface area contributed by atoms with E-state index >= 15 is 0 Å². The molecule has 3 aliphatic carbocycles. The van der Waals surface area contributed by atoms with Crippen molar-refractivity contribution in [3.63, 3.8) is 0 Å². The average Bonchev–Trinajstić information content (AvgIpc) is 1.99. The molecule has 0 aliphatic heterocycles. The SMILES string of the molecule is CC12CC(c3ccncn3)(C1)C2. The summed E-state index contributed by atoms with van der Waals surface area (Å²) in [4.78, 5) is 8.27. The van der Waals surface area contributed by atoms with Crippen LogP contribution in [0.4, 0.5) is 0 Å². The normalized spacial score (nSPS) is 43.1. The molecule has 0 N–H and O–H groups in total. The minimum Gasteiger partial charge on any atom is -0.245 e. The fourth-order valence-electron chi connectivity index (χ4n) is 3.17. The zero-order chi connectivity index (χ0) is 8.23. The van der Waals surface area contributed by atoms with Crippen molar-refractivity contribution in [2.24, 2.45) is 5.41 Å². The Balaban J connectivity index is 1.94. The summed E-state index contributed by atoms with van der Waals surface area (Å²) in [5.41, 5.74) is 2.41. The predicted octanol–water partition coefficient (Wildman–Crippen LogP) is 1.92. The Hall–Kier alpha value is -0.920. The molecule has 0 unspecified atom stereocenters. The minimum absolute atomic E-state index is 0.470. The van der Waals surface area contributed by atoms with E-state index < -0.39 is 0 Å². The third kappa shape index (κ3) is 0.614. The van der Waals surface area contributed by atoms with Crippen molar-refractivity contribution in [3.8, 4) is 0 Å². The van der Waals surface area contributed by atoms with Crippen molar-refractivity contribution >= 4 is 0 Å². The molecule has 0 amide bonds. The molecule has 12 heavy (non-hydrogen) atoms. The molecule has 0 saturated heterocycles. The molecule has 0 aromatic carbocycles. The van der Waals surface area contributed by atoms with Crippen molar-refractivity contribution in [1.82, 2.24) is 9.97 Å². The summed E-state index contributed by atoms with van der Waals surface area (Å²) in [5.74, 6) is 0. The van der Waals surface area contributed by atoms with Gasteiger partial charge in [-0.2, -0.15) is 0 Å². The highest BCUT2D eigenvalue weighted by molar-refractivity contribution is 5.32. The van der Waals surface area contributed by atoms with Crippen LogP contribution in [0, 0.1) is 5.41 Å². The predicted molar refractivity (Wildman–Crippen MR) is 45.7 cm³/mol. The standard InChI is InChI=1S/C10H12N2/c1-9-4-10(5-9,6-9)8-2-3-11-7-12-8/h2-3,7H,4-6H2,1H3. The fraction of sp³-hybridized carbons (Fsp3) is 0.600. The maximum atomic E-state index is 4.33. The van der Waals surface area contributed by atoms with Gasteiger partial charge < -0.3 is 0 Å². The van der Waals surface area contributed by atoms with E-state index in [0.717, 1.165) is 0 Å². The Morgan fingerprint density at radius 3 is 2.58 bits per heavy atom. The molecular weight excluding hydrogens is 148 g/mol. The van der Waals surface area contributed by atoms with Gasteiger partial charge in [0.15, 0.2) is 0 Å². The van der Waals surface area contributed by atoms with E-state index in [1.54, 1.807) is 6.33 Å². The van der Waals surface area contributed by atoms with Gasteiger partial charge in [0.2, 0.25) is 0 Å². The highest BCUT2D eigenvalue weighted by atomic mass is 14.9. The van der Waals surface area contributed by atoms with Gasteiger partial charge in [-0.3, -0.25) is 0 Å². The Morgan fingerprint density at radius 2 is 2.08 bits per heavy atom. The van der Waals surface area contributed by atoms with Crippen LogP contribution < -0.4 is 0 Å². The second-order valence-corrected chi connectivity index (χ2v) is 4.72. The first kappa shape index (κ1) is 6.58. The molecular formula is C10H12N2. The van der Waals surface area contributed by atoms with Crippen LogP contribution >= 0.6 is 0 Å². The van der Waals surface area contributed by atoms with Gasteiger partial charge in [-0.05, 0) is 30.7 Å². The highest BCUT2D eigenvalue weighted by Crippen LogP contribution is 2.72. The van der Waals surface area contributed by atoms with Crippen LogP contribution in [-0.2, 0) is 5.41 Å². The maximum absolute atomic E-state index is 4.33. The zero-order valence-corrected chi connectivity index (χ0v) is 7.25. The topological polar surface area (TPSA) is 25.8 Å². The molecule has 3 aliphatic rings. The monoisotopic (exact) mass is 160 g/mol. The Morgan fingerprint density at radius 1 is 1.33 bits per heavy atom. The summed E-state index contributed by atoms with van der Waals surface area (Å²) in [6, 6.07) is 2.07. The third-order valence-corrected chi connectivity index (χ3v) is 3.42. The maximum Gasteiger partial charge on any atom is 0.115 e. The zero-order valence-electron chi connectivity index (χ0n) is 7.25. The van der Waals surface area contributed by atoms with E-state index in [0.29, 0.717) is 10.8 Å². The van der Waals surface area contributed by atoms with Crippen LogP contribution in [0.25, 0.3) is 0 Å². The number of hydrogen-bond donors (Lipinski definition) is 0. The van der Waals surface area contributed by atoms with Gasteiger partial charge in [0.05, 0.1) is 0 Å². The summed E-state index contributed by atoms with van der Waals surface area (Å²) < 4.78 is 0. The first-order valence-corrected chi connectivity index (χ1v) is 4.49. The average molecular weight is 160 g/mol. The summed E-state index contributed by atoms with van der Waals surface area (Å²) in [7, 11) is 0. The number of nitrogens with zero attached hydrogens (tertiary/aromatic N) is 2. The van der Waals surface area contributed by atoms with E-state index in [1.807, 2.05) is 6.20 Å². The van der Waals surface area contributed by atoms with Gasteiger partial charge in [0.1, 0.15) is 6.33 Å². The summed E-state index contributed by atoms with van der Waals surface area (Å²) in [6.07, 6.45) is 7.55. The van der Waals surface area contributed by atoms with Crippen LogP contribution in [0.15, 0.2) is 18.6 Å². The van der Waals surface area contributed by atoms with E-state index in [-0.39, 0.29) is 0 Å². The van der Waals surface area contributed by atoms with Gasteiger partial charge >= 0.3 is 0 Å². The molecule has 62 valence electrons. The van der Waals surface area contributed by atoms with Crippen LogP contribution in [-0.4, -0.2) is 9.97 Å². The lowest BCUT2D eigenvalue weighted by molar-refractivity contribution is -0.128. The van der Waals surface area contributed by atoms with Gasteiger partial charge in [0.25, 0.3) is 0 Å². The third-order valence-electron chi connectivity index (χ3n) is 3.42. The first-order chi connectivity index (χ1) is 5.73. The molecule has 2 heteroatoms. The summed E-state index contributed by atoms with van der Waals surface area (Å²) >= 11 is 0. The smallest absolute Gasteiger partial charge is 0.115 e. The lowest BCUT2D eigenvalue weighted by atomic mass is 9.35. The molecule has 4 rings (SSSR count). The molecule has 3 saturated carbocycles. The van der Waals surface area contributed by atoms with Crippen LogP contribution in [0.3, 0.4) is 0 Å². The quantitative estimate of drug-likeness (QED) is 0.627. The van der Waals surface area contributed by atoms with Crippen molar-refractivity contribution in [1.29, 1.82) is 0 Å². The largest absolute Gasteiger partial charge is 0.245 e. The minimum atomic E-state index is 0.470. The molecule has 1 aromatic rings. The van der Waals surface area contributed by atoms with Crippen molar-refractivity contribution in [2.45, 2.75) is 31.6 Å². The molecule has 2 nitrogen and oxygen atoms in total. The van der Waals surface area contributed by atoms with Crippen molar-refractivity contribution < 1.29 is 0 Å². The Labute approximate surface area is 72.0 Å². The fourth-order valence-corrected chi connectivity index (χ4v) is 3.17. The van der Waals surface area contributed by atoms with Crippen LogP contribution in [0.1, 0.15) is 31.9 Å². The summed E-state index contributed by atoms with van der Waals surface area (Å²) in [6.45, 7) is 2.37. The van der Waals surface area contributed by atoms with Crippen LogP contribution in [0.2, 0.25) is 0 Å². The van der Waals surface area contributed by atoms with Gasteiger partial charge in [-0.15, -0.1) is 0 Å². The van der Waals surface area contributed by atoms with E-state index in [1.165, 1.54) is 25.0 Å². The van der Waals surface area contributed by atoms with Crippen LogP contribution in [0.5, 0.6) is 0 Å². The van der Waals surface area contributed by atoms with Gasteiger partial charge in [0, 0.05) is 17.3 Å². The Bertz CT molecular complexity index is 298. The molecule has 1 aromatic heterocycles. The second-order valence-electron chi connectivity index (χ2n) is 4.72. The van der Waals surface area contributed by atoms with Gasteiger partial charge in [-0.1, -0.05) is 6.92 Å². The van der Waals surface area contributed by atoms with E-state index in [9.17, 15) is 0 Å². The van der Waals surface area contributed by atoms with Crippen molar-refractivity contribution in [3.05, 3.63) is 24.3 Å². The number of hydrogen-bond acceptors (Lipinski definition) is 2. The number of rotatable bonds is 1.